The molecule has 2 aromatic rings. The number of morpholine rings is 1. The van der Waals surface area contributed by atoms with E-state index in [0.717, 1.165) is 0 Å². The molecule has 2 amide bonds. The predicted molar refractivity (Wildman–Crippen MR) is 99.9 cm³/mol. The summed E-state index contributed by atoms with van der Waals surface area (Å²) >= 11 is 0. The normalized spacial score (nSPS) is 15.2. The third kappa shape index (κ3) is 4.01. The average Bonchev–Trinajstić information content (AvgIpc) is 3.21. The summed E-state index contributed by atoms with van der Waals surface area (Å²) < 4.78 is 21.3. The first-order chi connectivity index (χ1) is 13.7. The molecule has 0 spiro atoms. The summed E-state index contributed by atoms with van der Waals surface area (Å²) in [6.07, 6.45) is 0. The predicted octanol–water partition coefficient (Wildman–Crippen LogP) is 1.91. The van der Waals surface area contributed by atoms with E-state index in [1.165, 1.54) is 0 Å². The van der Waals surface area contributed by atoms with E-state index in [1.54, 1.807) is 47.4 Å². The van der Waals surface area contributed by atoms with Gasteiger partial charge in [-0.15, -0.1) is 0 Å². The number of amides is 2. The van der Waals surface area contributed by atoms with Crippen LogP contribution in [0.4, 0.5) is 5.69 Å². The molecule has 8 heteroatoms. The molecule has 0 radical (unpaired) electrons. The highest BCUT2D eigenvalue weighted by molar-refractivity contribution is 6.04. The van der Waals surface area contributed by atoms with Crippen LogP contribution in [-0.4, -0.2) is 56.4 Å². The number of ether oxygens (including phenoxy) is 4. The van der Waals surface area contributed by atoms with E-state index < -0.39 is 0 Å². The highest BCUT2D eigenvalue weighted by Crippen LogP contribution is 2.35. The van der Waals surface area contributed by atoms with Crippen LogP contribution in [0.3, 0.4) is 0 Å². The minimum atomic E-state index is -0.361. The molecule has 2 aromatic carbocycles. The lowest BCUT2D eigenvalue weighted by Gasteiger charge is -2.27. The fraction of sp³-hybridized carbons (Fsp3) is 0.300. The number of benzene rings is 2. The van der Waals surface area contributed by atoms with Crippen LogP contribution in [0.1, 0.15) is 10.4 Å². The van der Waals surface area contributed by atoms with Gasteiger partial charge in [0.1, 0.15) is 5.75 Å². The highest BCUT2D eigenvalue weighted by Gasteiger charge is 2.21. The summed E-state index contributed by atoms with van der Waals surface area (Å²) in [4.78, 5) is 26.8. The molecule has 1 fully saturated rings. The molecule has 0 unspecified atom stereocenters. The third-order valence-electron chi connectivity index (χ3n) is 4.44. The van der Waals surface area contributed by atoms with Crippen LogP contribution in [-0.2, 0) is 9.53 Å². The van der Waals surface area contributed by atoms with Gasteiger partial charge in [0.15, 0.2) is 18.1 Å². The number of nitrogens with zero attached hydrogens (tertiary/aromatic N) is 1. The molecule has 146 valence electrons. The van der Waals surface area contributed by atoms with Crippen molar-refractivity contribution in [3.05, 3.63) is 48.0 Å². The first-order valence-corrected chi connectivity index (χ1v) is 8.99. The van der Waals surface area contributed by atoms with Crippen molar-refractivity contribution in [2.75, 3.05) is 45.0 Å². The monoisotopic (exact) mass is 384 g/mol. The van der Waals surface area contributed by atoms with Crippen LogP contribution >= 0.6 is 0 Å². The van der Waals surface area contributed by atoms with Gasteiger partial charge in [-0.1, -0.05) is 12.1 Å². The number of anilines is 1. The molecule has 0 aromatic heterocycles. The van der Waals surface area contributed by atoms with Gasteiger partial charge in [0.25, 0.3) is 11.8 Å². The molecule has 2 heterocycles. The second kappa shape index (κ2) is 8.18. The Bertz CT molecular complexity index is 879. The number of rotatable bonds is 5. The fourth-order valence-corrected chi connectivity index (χ4v) is 3.02. The van der Waals surface area contributed by atoms with Gasteiger partial charge in [0, 0.05) is 19.2 Å². The summed E-state index contributed by atoms with van der Waals surface area (Å²) in [7, 11) is 0. The van der Waals surface area contributed by atoms with E-state index in [2.05, 4.69) is 5.32 Å². The minimum Gasteiger partial charge on any atom is -0.484 e. The van der Waals surface area contributed by atoms with Crippen LogP contribution in [0.5, 0.6) is 17.2 Å². The molecule has 1 N–H and O–H groups in total. The van der Waals surface area contributed by atoms with Gasteiger partial charge in [-0.25, -0.2) is 0 Å². The lowest BCUT2D eigenvalue weighted by molar-refractivity contribution is -0.118. The molecule has 1 saturated heterocycles. The van der Waals surface area contributed by atoms with Crippen molar-refractivity contribution in [3.8, 4) is 17.2 Å². The lowest BCUT2D eigenvalue weighted by Crippen LogP contribution is -2.41. The Balaban J connectivity index is 1.38. The second-order valence-corrected chi connectivity index (χ2v) is 6.30. The minimum absolute atomic E-state index is 0.129. The van der Waals surface area contributed by atoms with Crippen molar-refractivity contribution in [1.29, 1.82) is 0 Å². The van der Waals surface area contributed by atoms with Gasteiger partial charge in [-0.05, 0) is 24.3 Å². The number of hydrogen-bond acceptors (Lipinski definition) is 6. The number of carbonyl (C=O) groups is 2. The molecule has 2 aliphatic heterocycles. The van der Waals surface area contributed by atoms with Gasteiger partial charge >= 0.3 is 0 Å². The average molecular weight is 384 g/mol. The maximum Gasteiger partial charge on any atom is 0.262 e. The third-order valence-corrected chi connectivity index (χ3v) is 4.44. The standard InChI is InChI=1S/C20H20N2O6/c23-19(12-26-14-5-6-17-18(11-14)28-13-27-17)21-16-4-2-1-3-15(16)20(24)22-7-9-25-10-8-22/h1-6,11H,7-10,12-13H2,(H,21,23). The summed E-state index contributed by atoms with van der Waals surface area (Å²) in [5, 5.41) is 2.75. The molecule has 28 heavy (non-hydrogen) atoms. The molecule has 2 aliphatic rings. The first-order valence-electron chi connectivity index (χ1n) is 8.99. The molecule has 4 rings (SSSR count). The quantitative estimate of drug-likeness (QED) is 0.848. The summed E-state index contributed by atoms with van der Waals surface area (Å²) in [6.45, 7) is 2.09. The van der Waals surface area contributed by atoms with Crippen LogP contribution in [0.15, 0.2) is 42.5 Å². The molecular formula is C20H20N2O6. The topological polar surface area (TPSA) is 86.3 Å². The summed E-state index contributed by atoms with van der Waals surface area (Å²) in [5.41, 5.74) is 0.902. The van der Waals surface area contributed by atoms with E-state index >= 15 is 0 Å². The van der Waals surface area contributed by atoms with E-state index in [-0.39, 0.29) is 25.2 Å². The zero-order valence-electron chi connectivity index (χ0n) is 15.2. The van der Waals surface area contributed by atoms with Crippen molar-refractivity contribution < 1.29 is 28.5 Å². The van der Waals surface area contributed by atoms with Gasteiger partial charge in [-0.3, -0.25) is 9.59 Å². The van der Waals surface area contributed by atoms with Gasteiger partial charge in [0.05, 0.1) is 24.5 Å². The maximum atomic E-state index is 12.8. The summed E-state index contributed by atoms with van der Waals surface area (Å²) in [6, 6.07) is 12.0. The van der Waals surface area contributed by atoms with Crippen molar-refractivity contribution in [2.45, 2.75) is 0 Å². The van der Waals surface area contributed by atoms with E-state index in [4.69, 9.17) is 18.9 Å². The molecule has 0 aliphatic carbocycles. The van der Waals surface area contributed by atoms with Crippen LogP contribution < -0.4 is 19.5 Å². The SMILES string of the molecule is O=C(COc1ccc2c(c1)OCO2)Nc1ccccc1C(=O)N1CCOCC1. The largest absolute Gasteiger partial charge is 0.484 e. The number of para-hydroxylation sites is 1. The van der Waals surface area contributed by atoms with E-state index in [1.807, 2.05) is 0 Å². The fourth-order valence-electron chi connectivity index (χ4n) is 3.02. The molecular weight excluding hydrogens is 364 g/mol. The Morgan fingerprint density at radius 2 is 1.82 bits per heavy atom. The van der Waals surface area contributed by atoms with Crippen LogP contribution in [0.2, 0.25) is 0 Å². The Labute approximate surface area is 161 Å². The Morgan fingerprint density at radius 3 is 2.68 bits per heavy atom. The summed E-state index contributed by atoms with van der Waals surface area (Å²) in [5.74, 6) is 1.24. The number of hydrogen-bond donors (Lipinski definition) is 1. The Hall–Kier alpha value is -3.26. The zero-order valence-corrected chi connectivity index (χ0v) is 15.2. The molecule has 0 bridgehead atoms. The molecule has 0 saturated carbocycles. The Morgan fingerprint density at radius 1 is 1.04 bits per heavy atom. The van der Waals surface area contributed by atoms with Crippen molar-refractivity contribution in [2.24, 2.45) is 0 Å². The molecule has 8 nitrogen and oxygen atoms in total. The van der Waals surface area contributed by atoms with Crippen LogP contribution in [0.25, 0.3) is 0 Å². The molecule has 0 atom stereocenters. The van der Waals surface area contributed by atoms with E-state index in [0.29, 0.717) is 54.8 Å². The lowest BCUT2D eigenvalue weighted by atomic mass is 10.1. The van der Waals surface area contributed by atoms with Crippen molar-refractivity contribution >= 4 is 17.5 Å². The maximum absolute atomic E-state index is 12.8. The zero-order chi connectivity index (χ0) is 19.3. The Kier molecular flexibility index (Phi) is 5.29. The van der Waals surface area contributed by atoms with Gasteiger partial charge in [0.2, 0.25) is 6.79 Å². The smallest absolute Gasteiger partial charge is 0.262 e. The second-order valence-electron chi connectivity index (χ2n) is 6.30. The van der Waals surface area contributed by atoms with Gasteiger partial charge in [-0.2, -0.15) is 0 Å². The van der Waals surface area contributed by atoms with Crippen molar-refractivity contribution in [1.82, 2.24) is 4.90 Å². The van der Waals surface area contributed by atoms with Crippen molar-refractivity contribution in [3.63, 3.8) is 0 Å². The highest BCUT2D eigenvalue weighted by atomic mass is 16.7. The van der Waals surface area contributed by atoms with Gasteiger partial charge < -0.3 is 29.2 Å². The number of nitrogens with one attached hydrogen (secondary N) is 1. The number of fused-ring (bicyclic) bond motifs is 1. The first kappa shape index (κ1) is 18.1. The van der Waals surface area contributed by atoms with Crippen LogP contribution in [0, 0.1) is 0 Å². The number of carbonyl (C=O) groups excluding carboxylic acids is 2. The van der Waals surface area contributed by atoms with E-state index in [9.17, 15) is 9.59 Å².